The lowest BCUT2D eigenvalue weighted by atomic mass is 9.40. The molecule has 2 bridgehead atoms. The average Bonchev–Trinajstić information content (AvgIpc) is 3.44. The standard InChI is InChI=1S/C35H56O10/c1-16-12-18-26(30(4,5)41)45-35(44-18)25(16)32(7)21(37)13-34-15-33(34)11-10-22(43-27-24(39)23(38)17(36)14-42-27)29(2,3)19(33)8-9-20(34)31(32,6)28(35)40/h16-28,36-41H,8-15H2,1-7H3/t16-,17-,18?,19?,20?,21-,22?,23+,24-,25-,26?,27+,28-,31-,32-,33?,34?,35?/m1/s1. The van der Waals surface area contributed by atoms with Gasteiger partial charge in [-0.1, -0.05) is 34.6 Å². The number of fused-ring (bicyclic) bond motifs is 4. The number of rotatable bonds is 3. The van der Waals surface area contributed by atoms with E-state index >= 15 is 0 Å². The molecule has 10 nitrogen and oxygen atoms in total. The number of ether oxygens (including phenoxy) is 4. The van der Waals surface area contributed by atoms with Crippen molar-refractivity contribution in [2.24, 2.45) is 50.7 Å². The zero-order chi connectivity index (χ0) is 32.5. The van der Waals surface area contributed by atoms with E-state index in [-0.39, 0.29) is 52.8 Å². The molecule has 0 amide bonds. The van der Waals surface area contributed by atoms with E-state index in [2.05, 4.69) is 34.6 Å². The Morgan fingerprint density at radius 3 is 2.22 bits per heavy atom. The van der Waals surface area contributed by atoms with Crippen LogP contribution in [0.1, 0.15) is 93.4 Å². The topological polar surface area (TPSA) is 158 Å². The van der Waals surface area contributed by atoms with Crippen molar-refractivity contribution in [3.05, 3.63) is 0 Å². The minimum absolute atomic E-state index is 0.0126. The predicted molar refractivity (Wildman–Crippen MR) is 160 cm³/mol. The fourth-order valence-corrected chi connectivity index (χ4v) is 14.0. The molecule has 0 aromatic carbocycles. The molecule has 5 aliphatic carbocycles. The fraction of sp³-hybridized carbons (Fsp3) is 1.00. The number of aliphatic hydroxyl groups is 6. The van der Waals surface area contributed by atoms with Gasteiger partial charge in [-0.05, 0) is 92.8 Å². The number of aliphatic hydroxyl groups excluding tert-OH is 5. The highest BCUT2D eigenvalue weighted by molar-refractivity contribution is 5.36. The molecule has 45 heavy (non-hydrogen) atoms. The molecule has 8 aliphatic rings. The Balaban J connectivity index is 1.12. The summed E-state index contributed by atoms with van der Waals surface area (Å²) in [5.74, 6) is -0.820. The van der Waals surface area contributed by atoms with Crippen LogP contribution in [0.25, 0.3) is 0 Å². The van der Waals surface area contributed by atoms with Crippen molar-refractivity contribution in [2.45, 2.75) is 160 Å². The van der Waals surface area contributed by atoms with Crippen molar-refractivity contribution in [1.82, 2.24) is 0 Å². The molecule has 8 fully saturated rings. The first-order valence-corrected chi connectivity index (χ1v) is 17.6. The average molecular weight is 637 g/mol. The van der Waals surface area contributed by atoms with Gasteiger partial charge >= 0.3 is 0 Å². The molecular formula is C35H56O10. The second-order valence-corrected chi connectivity index (χ2v) is 18.4. The van der Waals surface area contributed by atoms with Gasteiger partial charge < -0.3 is 49.6 Å². The van der Waals surface area contributed by atoms with Crippen molar-refractivity contribution >= 4 is 0 Å². The normalized spacial score (nSPS) is 62.7. The lowest BCUT2D eigenvalue weighted by Gasteiger charge is -2.65. The molecule has 3 spiro atoms. The van der Waals surface area contributed by atoms with Crippen LogP contribution < -0.4 is 0 Å². The Labute approximate surface area is 266 Å². The van der Waals surface area contributed by atoms with Gasteiger partial charge in [-0.3, -0.25) is 0 Å². The summed E-state index contributed by atoms with van der Waals surface area (Å²) >= 11 is 0. The highest BCUT2D eigenvalue weighted by atomic mass is 16.8. The van der Waals surface area contributed by atoms with E-state index in [1.54, 1.807) is 13.8 Å². The minimum atomic E-state index is -1.32. The van der Waals surface area contributed by atoms with Gasteiger partial charge in [-0.15, -0.1) is 0 Å². The van der Waals surface area contributed by atoms with Crippen molar-refractivity contribution in [1.29, 1.82) is 0 Å². The van der Waals surface area contributed by atoms with E-state index < -0.39 is 65.1 Å². The quantitative estimate of drug-likeness (QED) is 0.254. The van der Waals surface area contributed by atoms with E-state index in [4.69, 9.17) is 18.9 Å². The van der Waals surface area contributed by atoms with Crippen LogP contribution in [0.3, 0.4) is 0 Å². The Morgan fingerprint density at radius 1 is 0.844 bits per heavy atom. The van der Waals surface area contributed by atoms with Crippen LogP contribution in [0, 0.1) is 50.7 Å². The third-order valence-corrected chi connectivity index (χ3v) is 15.9. The van der Waals surface area contributed by atoms with E-state index in [0.29, 0.717) is 12.3 Å². The molecule has 0 aromatic heterocycles. The molecule has 3 saturated heterocycles. The predicted octanol–water partition coefficient (Wildman–Crippen LogP) is 2.09. The molecule has 256 valence electrons. The van der Waals surface area contributed by atoms with Gasteiger partial charge in [0, 0.05) is 16.7 Å². The Bertz CT molecular complexity index is 1240. The largest absolute Gasteiger partial charge is 0.393 e. The molecular weight excluding hydrogens is 580 g/mol. The van der Waals surface area contributed by atoms with Gasteiger partial charge in [-0.2, -0.15) is 0 Å². The van der Waals surface area contributed by atoms with Crippen molar-refractivity contribution in [3.63, 3.8) is 0 Å². The maximum atomic E-state index is 12.7. The second-order valence-electron chi connectivity index (χ2n) is 18.4. The third-order valence-electron chi connectivity index (χ3n) is 15.9. The Kier molecular flexibility index (Phi) is 6.53. The molecule has 10 heteroatoms. The molecule has 8 rings (SSSR count). The van der Waals surface area contributed by atoms with Gasteiger partial charge in [0.15, 0.2) is 12.1 Å². The molecule has 0 aromatic rings. The van der Waals surface area contributed by atoms with Crippen molar-refractivity contribution in [2.75, 3.05) is 6.61 Å². The number of hydrogen-bond donors (Lipinski definition) is 6. The van der Waals surface area contributed by atoms with Crippen molar-refractivity contribution < 1.29 is 49.6 Å². The summed E-state index contributed by atoms with van der Waals surface area (Å²) < 4.78 is 25.6. The van der Waals surface area contributed by atoms with Crippen LogP contribution in [0.4, 0.5) is 0 Å². The van der Waals surface area contributed by atoms with E-state index in [1.165, 1.54) is 0 Å². The molecule has 0 radical (unpaired) electrons. The van der Waals surface area contributed by atoms with E-state index in [1.807, 2.05) is 0 Å². The van der Waals surface area contributed by atoms with Gasteiger partial charge in [0.2, 0.25) is 0 Å². The summed E-state index contributed by atoms with van der Waals surface area (Å²) in [6.07, 6.45) is -1.40. The second kappa shape index (κ2) is 9.23. The number of hydrogen-bond acceptors (Lipinski definition) is 10. The molecule has 8 unspecified atom stereocenters. The smallest absolute Gasteiger partial charge is 0.199 e. The third kappa shape index (κ3) is 3.51. The molecule has 3 aliphatic heterocycles. The summed E-state index contributed by atoms with van der Waals surface area (Å²) in [5.41, 5.74) is -2.78. The van der Waals surface area contributed by atoms with Crippen LogP contribution >= 0.6 is 0 Å². The lowest BCUT2D eigenvalue weighted by molar-refractivity contribution is -0.304. The molecule has 18 atom stereocenters. The zero-order valence-electron chi connectivity index (χ0n) is 28.0. The first-order valence-electron chi connectivity index (χ1n) is 17.6. The van der Waals surface area contributed by atoms with Crippen molar-refractivity contribution in [3.8, 4) is 0 Å². The van der Waals surface area contributed by atoms with Crippen LogP contribution in [-0.2, 0) is 18.9 Å². The Morgan fingerprint density at radius 2 is 1.53 bits per heavy atom. The maximum Gasteiger partial charge on any atom is 0.199 e. The minimum Gasteiger partial charge on any atom is -0.393 e. The van der Waals surface area contributed by atoms with Crippen LogP contribution in [0.15, 0.2) is 0 Å². The van der Waals surface area contributed by atoms with Gasteiger partial charge in [0.25, 0.3) is 0 Å². The summed E-state index contributed by atoms with van der Waals surface area (Å²) in [7, 11) is 0. The SMILES string of the molecule is C[C@@H]1CC2OC3(OC2C(C)(C)O)[C@H]1[C@@]1(C)[C@H](O)CC24CC25CCC(O[C@@H]2OC[C@@H](O)[C@H](O)[C@H]2O)C(C)(C)C5CCC4[C@]1(C)[C@H]3O. The fourth-order valence-electron chi connectivity index (χ4n) is 14.0. The van der Waals surface area contributed by atoms with Crippen LogP contribution in [-0.4, -0.2) is 104 Å². The molecule has 5 saturated carbocycles. The van der Waals surface area contributed by atoms with E-state index in [0.717, 1.165) is 38.5 Å². The summed E-state index contributed by atoms with van der Waals surface area (Å²) in [5, 5.41) is 67.0. The molecule has 6 N–H and O–H groups in total. The van der Waals surface area contributed by atoms with Gasteiger partial charge in [0.1, 0.15) is 30.5 Å². The molecule has 3 heterocycles. The lowest BCUT2D eigenvalue weighted by Crippen LogP contribution is -2.64. The maximum absolute atomic E-state index is 12.7. The highest BCUT2D eigenvalue weighted by Gasteiger charge is 2.89. The van der Waals surface area contributed by atoms with Gasteiger partial charge in [-0.25, -0.2) is 0 Å². The van der Waals surface area contributed by atoms with Gasteiger partial charge in [0.05, 0.1) is 30.5 Å². The summed E-state index contributed by atoms with van der Waals surface area (Å²) in [4.78, 5) is 0. The summed E-state index contributed by atoms with van der Waals surface area (Å²) in [6.45, 7) is 14.5. The summed E-state index contributed by atoms with van der Waals surface area (Å²) in [6, 6.07) is 0. The van der Waals surface area contributed by atoms with E-state index in [9.17, 15) is 30.6 Å². The first-order chi connectivity index (χ1) is 20.8. The first kappa shape index (κ1) is 31.8. The zero-order valence-corrected chi connectivity index (χ0v) is 28.0. The monoisotopic (exact) mass is 636 g/mol. The van der Waals surface area contributed by atoms with Crippen LogP contribution in [0.5, 0.6) is 0 Å². The highest BCUT2D eigenvalue weighted by Crippen LogP contribution is 2.90. The Hall–Kier alpha value is -0.400. The van der Waals surface area contributed by atoms with Crippen LogP contribution in [0.2, 0.25) is 0 Å².